The number of carbonyl (C=O) groups is 1. The molecule has 7 nitrogen and oxygen atoms in total. The number of amides is 1. The highest BCUT2D eigenvalue weighted by atomic mass is 19.1. The van der Waals surface area contributed by atoms with Gasteiger partial charge < -0.3 is 14.9 Å². The van der Waals surface area contributed by atoms with Crippen LogP contribution in [0.1, 0.15) is 21.6 Å². The van der Waals surface area contributed by atoms with Crippen molar-refractivity contribution in [3.8, 4) is 0 Å². The van der Waals surface area contributed by atoms with E-state index >= 15 is 0 Å². The molecule has 0 saturated heterocycles. The summed E-state index contributed by atoms with van der Waals surface area (Å²) >= 11 is 0. The van der Waals surface area contributed by atoms with Crippen molar-refractivity contribution in [2.45, 2.75) is 13.0 Å². The maximum atomic E-state index is 13.6. The zero-order chi connectivity index (χ0) is 17.6. The number of carbonyl (C=O) groups excluding carboxylic acids is 1. The van der Waals surface area contributed by atoms with Crippen molar-refractivity contribution in [2.75, 3.05) is 6.54 Å². The molecule has 126 valence electrons. The molecule has 1 amide bonds. The molecule has 4 rings (SSSR count). The first-order valence-corrected chi connectivity index (χ1v) is 7.70. The van der Waals surface area contributed by atoms with Gasteiger partial charge in [0.25, 0.3) is 11.5 Å². The summed E-state index contributed by atoms with van der Waals surface area (Å²) in [6.07, 6.45) is 1.67. The third-order valence-corrected chi connectivity index (χ3v) is 4.33. The molecule has 0 bridgehead atoms. The third-order valence-electron chi connectivity index (χ3n) is 4.33. The minimum absolute atomic E-state index is 0.131. The summed E-state index contributed by atoms with van der Waals surface area (Å²) in [6.45, 7) is 0.492. The van der Waals surface area contributed by atoms with Crippen LogP contribution in [0.3, 0.4) is 0 Å². The minimum Gasteiger partial charge on any atom is -0.332 e. The second-order valence-corrected chi connectivity index (χ2v) is 5.87. The molecule has 1 aromatic carbocycles. The molecule has 0 spiro atoms. The van der Waals surface area contributed by atoms with Crippen LogP contribution >= 0.6 is 0 Å². The maximum Gasteiger partial charge on any atom is 0.255 e. The predicted octanol–water partition coefficient (Wildman–Crippen LogP) is 0.949. The van der Waals surface area contributed by atoms with Crippen molar-refractivity contribution in [1.29, 1.82) is 0 Å². The van der Waals surface area contributed by atoms with Gasteiger partial charge in [-0.3, -0.25) is 14.4 Å². The van der Waals surface area contributed by atoms with Crippen molar-refractivity contribution < 1.29 is 9.18 Å². The molecule has 2 aromatic heterocycles. The van der Waals surface area contributed by atoms with Crippen LogP contribution in [0.25, 0.3) is 10.9 Å². The van der Waals surface area contributed by atoms with Crippen LogP contribution in [0.2, 0.25) is 0 Å². The number of hydrogen-bond donors (Lipinski definition) is 2. The number of pyridine rings is 1. The molecule has 0 atom stereocenters. The Hall–Kier alpha value is -3.29. The fourth-order valence-electron chi connectivity index (χ4n) is 3.11. The Morgan fingerprint density at radius 2 is 2.08 bits per heavy atom. The summed E-state index contributed by atoms with van der Waals surface area (Å²) in [7, 11) is 0. The summed E-state index contributed by atoms with van der Waals surface area (Å²) in [4.78, 5) is 47.3. The minimum atomic E-state index is -0.495. The molecular weight excluding hydrogens is 327 g/mol. The molecule has 0 saturated carbocycles. The van der Waals surface area contributed by atoms with Crippen molar-refractivity contribution in [3.63, 3.8) is 0 Å². The van der Waals surface area contributed by atoms with Gasteiger partial charge in [-0.1, -0.05) is 0 Å². The predicted molar refractivity (Wildman–Crippen MR) is 87.8 cm³/mol. The number of aromatic amines is 2. The van der Waals surface area contributed by atoms with E-state index in [1.54, 1.807) is 0 Å². The summed E-state index contributed by atoms with van der Waals surface area (Å²) in [5, 5.41) is 0.342. The van der Waals surface area contributed by atoms with Crippen LogP contribution in [0.15, 0.2) is 40.2 Å². The smallest absolute Gasteiger partial charge is 0.255 e. The van der Waals surface area contributed by atoms with Gasteiger partial charge in [-0.15, -0.1) is 0 Å². The Morgan fingerprint density at radius 3 is 2.92 bits per heavy atom. The number of hydrogen-bond acceptors (Lipinski definition) is 4. The van der Waals surface area contributed by atoms with Crippen LogP contribution in [-0.4, -0.2) is 32.3 Å². The molecule has 8 heteroatoms. The highest BCUT2D eigenvalue weighted by Gasteiger charge is 2.25. The van der Waals surface area contributed by atoms with Gasteiger partial charge in [0.1, 0.15) is 5.82 Å². The monoisotopic (exact) mass is 340 g/mol. The lowest BCUT2D eigenvalue weighted by Crippen LogP contribution is -2.39. The molecule has 25 heavy (non-hydrogen) atoms. The molecule has 0 unspecified atom stereocenters. The summed E-state index contributed by atoms with van der Waals surface area (Å²) < 4.78 is 13.6. The first kappa shape index (κ1) is 15.3. The topological polar surface area (TPSA) is 98.9 Å². The van der Waals surface area contributed by atoms with Crippen molar-refractivity contribution >= 4 is 16.8 Å². The van der Waals surface area contributed by atoms with Crippen LogP contribution in [0.4, 0.5) is 4.39 Å². The van der Waals surface area contributed by atoms with E-state index < -0.39 is 17.3 Å². The zero-order valence-electron chi connectivity index (χ0n) is 13.0. The lowest BCUT2D eigenvalue weighted by atomic mass is 10.0. The van der Waals surface area contributed by atoms with Crippen LogP contribution in [0.5, 0.6) is 0 Å². The maximum absolute atomic E-state index is 13.6. The third kappa shape index (κ3) is 2.61. The molecule has 0 aliphatic carbocycles. The average molecular weight is 340 g/mol. The number of fused-ring (bicyclic) bond motifs is 2. The largest absolute Gasteiger partial charge is 0.332 e. The highest BCUT2D eigenvalue weighted by Crippen LogP contribution is 2.21. The van der Waals surface area contributed by atoms with Crippen LogP contribution < -0.4 is 11.1 Å². The fraction of sp³-hybridized carbons (Fsp3) is 0.176. The Labute approximate surface area is 140 Å². The lowest BCUT2D eigenvalue weighted by molar-refractivity contribution is 0.0733. The van der Waals surface area contributed by atoms with Gasteiger partial charge in [-0.25, -0.2) is 9.37 Å². The van der Waals surface area contributed by atoms with Crippen LogP contribution in [0, 0.1) is 5.82 Å². The van der Waals surface area contributed by atoms with Crippen molar-refractivity contribution in [1.82, 2.24) is 19.9 Å². The van der Waals surface area contributed by atoms with Gasteiger partial charge in [0.05, 0.1) is 24.1 Å². The van der Waals surface area contributed by atoms with Gasteiger partial charge in [0.15, 0.2) is 0 Å². The second-order valence-electron chi connectivity index (χ2n) is 5.87. The number of halogens is 1. The Bertz CT molecular complexity index is 1120. The number of nitrogens with zero attached hydrogens (tertiary/aromatic N) is 2. The second kappa shape index (κ2) is 5.66. The zero-order valence-corrected chi connectivity index (χ0v) is 13.0. The van der Waals surface area contributed by atoms with E-state index in [0.717, 1.165) is 0 Å². The molecule has 0 radical (unpaired) electrons. The standard InChI is InChI=1S/C17H13FN4O3/c18-9-1-2-13-11(5-9)12(6-15(23)21-13)17(25)22-4-3-10-14(7-22)19-8-20-16(10)24/h1-2,5-6,8H,3-4,7H2,(H,21,23)(H,19,20,24). The SMILES string of the molecule is O=C(c1cc(=O)[nH]c2ccc(F)cc12)N1CCc2c(nc[nH]c2=O)C1. The molecule has 3 heterocycles. The van der Waals surface area contributed by atoms with E-state index in [9.17, 15) is 18.8 Å². The normalized spacial score (nSPS) is 13.7. The fourth-order valence-corrected chi connectivity index (χ4v) is 3.11. The molecule has 0 fully saturated rings. The first-order valence-electron chi connectivity index (χ1n) is 7.70. The van der Waals surface area contributed by atoms with Gasteiger partial charge in [0.2, 0.25) is 5.56 Å². The Kier molecular flexibility index (Phi) is 3.45. The number of benzene rings is 1. The van der Waals surface area contributed by atoms with Gasteiger partial charge in [-0.05, 0) is 24.6 Å². The van der Waals surface area contributed by atoms with Gasteiger partial charge in [0, 0.05) is 29.1 Å². The van der Waals surface area contributed by atoms with E-state index in [2.05, 4.69) is 15.0 Å². The number of aromatic nitrogens is 3. The van der Waals surface area contributed by atoms with Crippen molar-refractivity contribution in [2.24, 2.45) is 0 Å². The van der Waals surface area contributed by atoms with E-state index in [4.69, 9.17) is 0 Å². The number of nitrogens with one attached hydrogen (secondary N) is 2. The average Bonchev–Trinajstić information content (AvgIpc) is 2.61. The quantitative estimate of drug-likeness (QED) is 0.689. The molecule has 3 aromatic rings. The van der Waals surface area contributed by atoms with E-state index in [0.29, 0.717) is 35.1 Å². The molecule has 2 N–H and O–H groups in total. The van der Waals surface area contributed by atoms with E-state index in [1.165, 1.54) is 35.5 Å². The highest BCUT2D eigenvalue weighted by molar-refractivity contribution is 6.06. The molecule has 1 aliphatic rings. The van der Waals surface area contributed by atoms with Gasteiger partial charge in [-0.2, -0.15) is 0 Å². The first-order chi connectivity index (χ1) is 12.0. The summed E-state index contributed by atoms with van der Waals surface area (Å²) in [5.74, 6) is -0.889. The molecular formula is C17H13FN4O3. The van der Waals surface area contributed by atoms with Crippen molar-refractivity contribution in [3.05, 3.63) is 73.9 Å². The molecule has 1 aliphatic heterocycles. The van der Waals surface area contributed by atoms with Gasteiger partial charge >= 0.3 is 0 Å². The van der Waals surface area contributed by atoms with Crippen LogP contribution in [-0.2, 0) is 13.0 Å². The Morgan fingerprint density at radius 1 is 1.24 bits per heavy atom. The van der Waals surface area contributed by atoms with E-state index in [-0.39, 0.29) is 17.7 Å². The number of rotatable bonds is 1. The summed E-state index contributed by atoms with van der Waals surface area (Å²) in [5.41, 5.74) is 0.975. The lowest BCUT2D eigenvalue weighted by Gasteiger charge is -2.27. The Balaban J connectivity index is 1.77. The number of H-pyrrole nitrogens is 2. The summed E-state index contributed by atoms with van der Waals surface area (Å²) in [6, 6.07) is 5.04. The van der Waals surface area contributed by atoms with E-state index in [1.807, 2.05) is 0 Å².